The molecule has 1 aliphatic carbocycles. The number of nitrogen functional groups attached to an aromatic ring is 1. The first-order valence-electron chi connectivity index (χ1n) is 19.0. The SMILES string of the molecule is C=C.C=C=C(NCC(CCC)c1cc(C(C)CC)c(C)c(-n2ccc3cc(F)ccc32)n1)c1cc(C)c(N)c(C=NC2CC2)c1.C=CN.CC.CC.OS. The molecular weight excluding hydrogens is 692 g/mol. The van der Waals surface area contributed by atoms with Crippen LogP contribution in [0.15, 0.2) is 91.9 Å². The Kier molecular flexibility index (Phi) is 24.8. The summed E-state index contributed by atoms with van der Waals surface area (Å²) in [6.07, 6.45) is 10.5. The second-order valence-corrected chi connectivity index (χ2v) is 12.2. The lowest BCUT2D eigenvalue weighted by Gasteiger charge is -2.24. The van der Waals surface area contributed by atoms with Gasteiger partial charge in [0.15, 0.2) is 0 Å². The summed E-state index contributed by atoms with van der Waals surface area (Å²) in [5.74, 6) is 1.22. The molecule has 296 valence electrons. The number of aliphatic imine (C=N–C) groups is 1. The zero-order valence-corrected chi connectivity index (χ0v) is 35.2. The molecule has 0 aliphatic heterocycles. The van der Waals surface area contributed by atoms with Gasteiger partial charge in [0, 0.05) is 52.8 Å². The van der Waals surface area contributed by atoms with E-state index in [1.165, 1.54) is 17.8 Å². The van der Waals surface area contributed by atoms with E-state index in [4.69, 9.17) is 15.3 Å². The molecule has 4 aromatic rings. The van der Waals surface area contributed by atoms with Crippen LogP contribution in [0.4, 0.5) is 10.1 Å². The smallest absolute Gasteiger partial charge is 0.140 e. The fourth-order valence-electron chi connectivity index (χ4n) is 5.79. The predicted molar refractivity (Wildman–Crippen MR) is 239 cm³/mol. The number of benzene rings is 2. The molecule has 54 heavy (non-hydrogen) atoms. The third-order valence-electron chi connectivity index (χ3n) is 8.77. The predicted octanol–water partition coefficient (Wildman–Crippen LogP) is 12.1. The van der Waals surface area contributed by atoms with Crippen molar-refractivity contribution in [2.75, 3.05) is 12.3 Å². The number of nitrogens with zero attached hydrogens (tertiary/aromatic N) is 3. The zero-order valence-electron chi connectivity index (χ0n) is 34.3. The highest BCUT2D eigenvalue weighted by Gasteiger charge is 2.22. The molecule has 2 aromatic carbocycles. The quantitative estimate of drug-likeness (QED) is 0.0246. The van der Waals surface area contributed by atoms with Crippen LogP contribution < -0.4 is 16.8 Å². The Bertz CT molecular complexity index is 1790. The van der Waals surface area contributed by atoms with Crippen molar-refractivity contribution in [2.45, 2.75) is 112 Å². The summed E-state index contributed by atoms with van der Waals surface area (Å²) >= 11 is 2.53. The summed E-state index contributed by atoms with van der Waals surface area (Å²) in [6, 6.07) is 13.8. The summed E-state index contributed by atoms with van der Waals surface area (Å²) in [4.78, 5) is 9.96. The summed E-state index contributed by atoms with van der Waals surface area (Å²) in [5.41, 5.74) is 23.2. The fourth-order valence-corrected chi connectivity index (χ4v) is 5.79. The monoisotopic (exact) mass is 759 g/mol. The van der Waals surface area contributed by atoms with Crippen molar-refractivity contribution in [2.24, 2.45) is 10.7 Å². The Morgan fingerprint density at radius 3 is 2.30 bits per heavy atom. The Morgan fingerprint density at radius 2 is 1.74 bits per heavy atom. The Balaban J connectivity index is 0.00000233. The molecule has 0 spiro atoms. The van der Waals surface area contributed by atoms with Crippen molar-refractivity contribution >= 4 is 41.4 Å². The number of anilines is 1. The van der Waals surface area contributed by atoms with E-state index in [1.807, 2.05) is 59.2 Å². The van der Waals surface area contributed by atoms with Crippen LogP contribution in [-0.2, 0) is 0 Å². The van der Waals surface area contributed by atoms with E-state index in [9.17, 15) is 4.39 Å². The lowest BCUT2D eigenvalue weighted by Crippen LogP contribution is -2.22. The lowest BCUT2D eigenvalue weighted by molar-refractivity contribution is 0.575. The van der Waals surface area contributed by atoms with E-state index in [2.05, 4.69) is 111 Å². The number of nitrogens with one attached hydrogen (secondary N) is 1. The second kappa shape index (κ2) is 27.1. The standard InChI is InChI=1S/C37H44FN5.C2H5N.2C2H6.C2H4.H2OS/c1-7-10-27(21-41-33(9-3)28-17-24(5)36(39)29(18-28)22-40-31-12-13-31)34-20-32(23(4)8-2)25(6)37(42-34)43-16-15-26-19-30(38)11-14-35(26)43;1-2-3;4*1-2/h11,14-20,22-23,27,31,41H,3,7-8,10,12-13,21,39H2,1-2,4-6H3;2H,1,3H2;2*1-2H3;1-2H2;1-2H. The third-order valence-corrected chi connectivity index (χ3v) is 8.77. The second-order valence-electron chi connectivity index (χ2n) is 12.2. The largest absolute Gasteiger partial charge is 0.405 e. The van der Waals surface area contributed by atoms with Crippen molar-refractivity contribution in [1.82, 2.24) is 14.9 Å². The number of halogens is 1. The van der Waals surface area contributed by atoms with Gasteiger partial charge in [-0.15, -0.1) is 18.9 Å². The summed E-state index contributed by atoms with van der Waals surface area (Å²) < 4.78 is 22.8. The lowest BCUT2D eigenvalue weighted by atomic mass is 9.90. The van der Waals surface area contributed by atoms with Crippen molar-refractivity contribution in [1.29, 1.82) is 0 Å². The zero-order chi connectivity index (χ0) is 41.4. The molecule has 0 amide bonds. The van der Waals surface area contributed by atoms with Crippen molar-refractivity contribution < 1.29 is 8.94 Å². The first-order valence-corrected chi connectivity index (χ1v) is 19.4. The molecule has 2 unspecified atom stereocenters. The number of hydrogen-bond donors (Lipinski definition) is 5. The number of thiol groups is 1. The van der Waals surface area contributed by atoms with Crippen LogP contribution in [0.3, 0.4) is 0 Å². The third kappa shape index (κ3) is 14.0. The van der Waals surface area contributed by atoms with Gasteiger partial charge in [0.1, 0.15) is 11.6 Å². The molecular formula is C45H67FN6OS. The summed E-state index contributed by atoms with van der Waals surface area (Å²) in [6.45, 7) is 32.7. The normalized spacial score (nSPS) is 12.3. The van der Waals surface area contributed by atoms with Crippen LogP contribution >= 0.6 is 12.9 Å². The van der Waals surface area contributed by atoms with Gasteiger partial charge >= 0.3 is 0 Å². The average molecular weight is 759 g/mol. The number of pyridine rings is 1. The van der Waals surface area contributed by atoms with Crippen LogP contribution in [0.25, 0.3) is 22.4 Å². The molecule has 2 heterocycles. The maximum absolute atomic E-state index is 14.0. The summed E-state index contributed by atoms with van der Waals surface area (Å²) in [7, 11) is 0. The highest BCUT2D eigenvalue weighted by molar-refractivity contribution is 7.74. The van der Waals surface area contributed by atoms with Gasteiger partial charge in [-0.25, -0.2) is 9.37 Å². The minimum Gasteiger partial charge on any atom is -0.405 e. The van der Waals surface area contributed by atoms with E-state index in [0.717, 1.165) is 88.2 Å². The van der Waals surface area contributed by atoms with Gasteiger partial charge < -0.3 is 25.9 Å². The molecule has 0 bridgehead atoms. The van der Waals surface area contributed by atoms with Crippen molar-refractivity contribution in [3.05, 3.63) is 126 Å². The van der Waals surface area contributed by atoms with E-state index in [0.29, 0.717) is 18.5 Å². The number of aromatic nitrogens is 2. The molecule has 6 N–H and O–H groups in total. The van der Waals surface area contributed by atoms with Crippen molar-refractivity contribution in [3.8, 4) is 5.82 Å². The maximum atomic E-state index is 14.0. The molecule has 2 atom stereocenters. The van der Waals surface area contributed by atoms with Gasteiger partial charge in [-0.05, 0) is 124 Å². The Morgan fingerprint density at radius 1 is 1.11 bits per heavy atom. The van der Waals surface area contributed by atoms with Gasteiger partial charge in [-0.2, -0.15) is 0 Å². The maximum Gasteiger partial charge on any atom is 0.140 e. The van der Waals surface area contributed by atoms with Gasteiger partial charge in [0.05, 0.1) is 17.3 Å². The average Bonchev–Trinajstić information content (AvgIpc) is 3.95. The van der Waals surface area contributed by atoms with E-state index < -0.39 is 0 Å². The first-order chi connectivity index (χ1) is 26.1. The number of hydrogen-bond acceptors (Lipinski definition) is 7. The molecule has 9 heteroatoms. The van der Waals surface area contributed by atoms with Gasteiger partial charge in [0.2, 0.25) is 0 Å². The van der Waals surface area contributed by atoms with E-state index >= 15 is 0 Å². The molecule has 2 aromatic heterocycles. The van der Waals surface area contributed by atoms with Crippen LogP contribution in [0.5, 0.6) is 0 Å². The molecule has 5 rings (SSSR count). The number of fused-ring (bicyclic) bond motifs is 1. The minimum absolute atomic E-state index is 0.167. The molecule has 0 radical (unpaired) electrons. The summed E-state index contributed by atoms with van der Waals surface area (Å²) in [5, 5.41) is 4.52. The van der Waals surface area contributed by atoms with Crippen molar-refractivity contribution in [3.63, 3.8) is 0 Å². The van der Waals surface area contributed by atoms with Crippen LogP contribution in [-0.4, -0.2) is 32.9 Å². The Labute approximate surface area is 331 Å². The number of rotatable bonds is 12. The Hall–Kier alpha value is -4.56. The van der Waals surface area contributed by atoms with Crippen LogP contribution in [0.2, 0.25) is 0 Å². The van der Waals surface area contributed by atoms with Gasteiger partial charge in [0.25, 0.3) is 0 Å². The number of aryl methyl sites for hydroxylation is 1. The first kappa shape index (κ1) is 49.4. The van der Waals surface area contributed by atoms with E-state index in [-0.39, 0.29) is 11.7 Å². The molecule has 0 saturated heterocycles. The van der Waals surface area contributed by atoms with E-state index in [1.54, 1.807) is 6.07 Å². The van der Waals surface area contributed by atoms with Gasteiger partial charge in [-0.3, -0.25) is 4.99 Å². The fraction of sp³-hybridized carbons (Fsp3) is 0.400. The highest BCUT2D eigenvalue weighted by atomic mass is 32.1. The molecule has 1 aliphatic rings. The van der Waals surface area contributed by atoms with Crippen LogP contribution in [0.1, 0.15) is 126 Å². The van der Waals surface area contributed by atoms with Gasteiger partial charge in [-0.1, -0.05) is 68.0 Å². The molecule has 7 nitrogen and oxygen atoms in total. The number of nitrogens with two attached hydrogens (primary N) is 2. The topological polar surface area (TPSA) is 114 Å². The molecule has 1 fully saturated rings. The van der Waals surface area contributed by atoms with Crippen LogP contribution in [0, 0.1) is 19.7 Å². The minimum atomic E-state index is -0.234. The highest BCUT2D eigenvalue weighted by Crippen LogP contribution is 2.33. The molecule has 1 saturated carbocycles.